The Hall–Kier alpha value is -3.24. The molecule has 0 unspecified atom stereocenters. The predicted molar refractivity (Wildman–Crippen MR) is 106 cm³/mol. The molecule has 0 saturated heterocycles. The number of ether oxygens (including phenoxy) is 1. The van der Waals surface area contributed by atoms with Gasteiger partial charge in [-0.1, -0.05) is 12.1 Å². The molecule has 9 nitrogen and oxygen atoms in total. The molecular weight excluding hydrogens is 398 g/mol. The Morgan fingerprint density at radius 2 is 1.66 bits per heavy atom. The number of hydrogen-bond acceptors (Lipinski definition) is 6. The SMILES string of the molecule is COc1ccc(C(N)=O)cc1NC(=O)CN(C)S(=O)(=O)c1ccc(C(C)=O)cc1. The molecule has 0 fully saturated rings. The van der Waals surface area contributed by atoms with Gasteiger partial charge in [0, 0.05) is 18.2 Å². The summed E-state index contributed by atoms with van der Waals surface area (Å²) in [6.07, 6.45) is 0. The Balaban J connectivity index is 2.17. The minimum atomic E-state index is -3.95. The molecule has 0 heterocycles. The number of nitrogens with two attached hydrogens (primary N) is 1. The molecule has 0 aliphatic rings. The fourth-order valence-electron chi connectivity index (χ4n) is 2.48. The van der Waals surface area contributed by atoms with E-state index in [4.69, 9.17) is 10.5 Å². The Morgan fingerprint density at radius 1 is 1.07 bits per heavy atom. The number of amides is 2. The highest BCUT2D eigenvalue weighted by Crippen LogP contribution is 2.25. The first-order chi connectivity index (χ1) is 13.6. The third-order valence-electron chi connectivity index (χ3n) is 4.09. The first kappa shape index (κ1) is 22.1. The van der Waals surface area contributed by atoms with Gasteiger partial charge in [-0.05, 0) is 37.3 Å². The molecule has 2 amide bonds. The van der Waals surface area contributed by atoms with Crippen LogP contribution in [0.4, 0.5) is 5.69 Å². The van der Waals surface area contributed by atoms with Crippen molar-refractivity contribution < 1.29 is 27.5 Å². The number of nitrogens with one attached hydrogen (secondary N) is 1. The monoisotopic (exact) mass is 419 g/mol. The lowest BCUT2D eigenvalue weighted by molar-refractivity contribution is -0.116. The second-order valence-corrected chi connectivity index (χ2v) is 8.21. The van der Waals surface area contributed by atoms with Gasteiger partial charge >= 0.3 is 0 Å². The molecule has 0 radical (unpaired) electrons. The van der Waals surface area contributed by atoms with Gasteiger partial charge in [-0.3, -0.25) is 14.4 Å². The largest absolute Gasteiger partial charge is 0.495 e. The van der Waals surface area contributed by atoms with E-state index in [-0.39, 0.29) is 27.7 Å². The average Bonchev–Trinajstić information content (AvgIpc) is 2.67. The van der Waals surface area contributed by atoms with Crippen molar-refractivity contribution in [2.45, 2.75) is 11.8 Å². The number of hydrogen-bond donors (Lipinski definition) is 2. The normalized spacial score (nSPS) is 11.2. The summed E-state index contributed by atoms with van der Waals surface area (Å²) >= 11 is 0. The summed E-state index contributed by atoms with van der Waals surface area (Å²) < 4.78 is 31.3. The molecule has 3 N–H and O–H groups in total. The molecule has 2 aromatic carbocycles. The summed E-state index contributed by atoms with van der Waals surface area (Å²) in [6.45, 7) is 0.891. The van der Waals surface area contributed by atoms with Crippen LogP contribution in [0.5, 0.6) is 5.75 Å². The van der Waals surface area contributed by atoms with Crippen molar-refractivity contribution in [1.29, 1.82) is 0 Å². The maximum atomic E-state index is 12.6. The van der Waals surface area contributed by atoms with E-state index in [0.29, 0.717) is 5.56 Å². The maximum absolute atomic E-state index is 12.6. The highest BCUT2D eigenvalue weighted by Gasteiger charge is 2.23. The minimum absolute atomic E-state index is 0.0499. The van der Waals surface area contributed by atoms with Crippen LogP contribution in [0.25, 0.3) is 0 Å². The predicted octanol–water partition coefficient (Wildman–Crippen LogP) is 1.26. The minimum Gasteiger partial charge on any atom is -0.495 e. The number of Topliss-reactive ketones (excluding diaryl/α,β-unsaturated/α-hetero) is 1. The number of nitrogens with zero attached hydrogens (tertiary/aromatic N) is 1. The summed E-state index contributed by atoms with van der Waals surface area (Å²) in [6, 6.07) is 9.67. The number of methoxy groups -OCH3 is 1. The molecule has 0 aromatic heterocycles. The van der Waals surface area contributed by atoms with E-state index < -0.39 is 28.4 Å². The van der Waals surface area contributed by atoms with Crippen molar-refractivity contribution in [2.75, 3.05) is 26.0 Å². The number of primary amides is 1. The zero-order valence-corrected chi connectivity index (χ0v) is 16.9. The molecule has 154 valence electrons. The molecule has 0 bridgehead atoms. The molecule has 0 spiro atoms. The highest BCUT2D eigenvalue weighted by atomic mass is 32.2. The Morgan fingerprint density at radius 3 is 2.17 bits per heavy atom. The van der Waals surface area contributed by atoms with E-state index in [0.717, 1.165) is 4.31 Å². The van der Waals surface area contributed by atoms with Gasteiger partial charge in [0.2, 0.25) is 21.8 Å². The zero-order valence-electron chi connectivity index (χ0n) is 16.1. The van der Waals surface area contributed by atoms with E-state index in [1.807, 2.05) is 0 Å². The van der Waals surface area contributed by atoms with Crippen LogP contribution < -0.4 is 15.8 Å². The highest BCUT2D eigenvalue weighted by molar-refractivity contribution is 7.89. The van der Waals surface area contributed by atoms with Crippen LogP contribution >= 0.6 is 0 Å². The van der Waals surface area contributed by atoms with Crippen molar-refractivity contribution in [3.8, 4) is 5.75 Å². The van der Waals surface area contributed by atoms with Gasteiger partial charge < -0.3 is 15.8 Å². The second-order valence-electron chi connectivity index (χ2n) is 6.17. The van der Waals surface area contributed by atoms with Crippen molar-refractivity contribution in [3.63, 3.8) is 0 Å². The number of anilines is 1. The molecule has 0 atom stereocenters. The van der Waals surface area contributed by atoms with Gasteiger partial charge in [-0.25, -0.2) is 8.42 Å². The van der Waals surface area contributed by atoms with E-state index in [2.05, 4.69) is 5.32 Å². The zero-order chi connectivity index (χ0) is 21.8. The van der Waals surface area contributed by atoms with Crippen LogP contribution in [0.3, 0.4) is 0 Å². The number of rotatable bonds is 8. The molecule has 2 rings (SSSR count). The standard InChI is InChI=1S/C19H21N3O6S/c1-12(23)13-4-7-15(8-5-13)29(26,27)22(2)11-18(24)21-16-10-14(19(20)25)6-9-17(16)28-3/h4-10H,11H2,1-3H3,(H2,20,25)(H,21,24). The number of carbonyl (C=O) groups is 3. The lowest BCUT2D eigenvalue weighted by Gasteiger charge is -2.18. The van der Waals surface area contributed by atoms with E-state index >= 15 is 0 Å². The van der Waals surface area contributed by atoms with Gasteiger partial charge in [0.15, 0.2) is 5.78 Å². The van der Waals surface area contributed by atoms with Crippen LogP contribution in [-0.2, 0) is 14.8 Å². The molecule has 10 heteroatoms. The van der Waals surface area contributed by atoms with E-state index in [9.17, 15) is 22.8 Å². The number of carbonyl (C=O) groups excluding carboxylic acids is 3. The van der Waals surface area contributed by atoms with Gasteiger partial charge in [0.25, 0.3) is 0 Å². The number of likely N-dealkylation sites (N-methyl/N-ethyl adjacent to an activating group) is 1. The molecule has 2 aromatic rings. The van der Waals surface area contributed by atoms with Crippen LogP contribution in [0.1, 0.15) is 27.6 Å². The average molecular weight is 419 g/mol. The van der Waals surface area contributed by atoms with Crippen LogP contribution in [0, 0.1) is 0 Å². The van der Waals surface area contributed by atoms with Crippen molar-refractivity contribution >= 4 is 33.3 Å². The molecule has 0 aliphatic carbocycles. The first-order valence-corrected chi connectivity index (χ1v) is 9.85. The van der Waals surface area contributed by atoms with Gasteiger partial charge in [0.05, 0.1) is 24.2 Å². The topological polar surface area (TPSA) is 136 Å². The molecular formula is C19H21N3O6S. The van der Waals surface area contributed by atoms with Gasteiger partial charge in [-0.2, -0.15) is 4.31 Å². The fraction of sp³-hybridized carbons (Fsp3) is 0.211. The third-order valence-corrected chi connectivity index (χ3v) is 5.91. The Bertz CT molecular complexity index is 1050. The molecule has 29 heavy (non-hydrogen) atoms. The third kappa shape index (κ3) is 5.18. The number of benzene rings is 2. The second kappa shape index (κ2) is 8.84. The summed E-state index contributed by atoms with van der Waals surface area (Å²) in [5, 5.41) is 2.51. The van der Waals surface area contributed by atoms with Crippen LogP contribution in [0.2, 0.25) is 0 Å². The number of ketones is 1. The number of sulfonamides is 1. The van der Waals surface area contributed by atoms with Crippen LogP contribution in [-0.4, -0.2) is 51.0 Å². The van der Waals surface area contributed by atoms with Crippen molar-refractivity contribution in [2.24, 2.45) is 5.73 Å². The summed E-state index contributed by atoms with van der Waals surface area (Å²) in [4.78, 5) is 35.0. The van der Waals surface area contributed by atoms with Gasteiger partial charge in [-0.15, -0.1) is 0 Å². The quantitative estimate of drug-likeness (QED) is 0.618. The fourth-order valence-corrected chi connectivity index (χ4v) is 3.60. The van der Waals surface area contributed by atoms with Crippen molar-refractivity contribution in [3.05, 3.63) is 53.6 Å². The Kier molecular flexibility index (Phi) is 6.72. The van der Waals surface area contributed by atoms with E-state index in [1.54, 1.807) is 0 Å². The van der Waals surface area contributed by atoms with Crippen molar-refractivity contribution in [1.82, 2.24) is 4.31 Å². The molecule has 0 aliphatic heterocycles. The first-order valence-electron chi connectivity index (χ1n) is 8.41. The Labute approximate surface area is 168 Å². The molecule has 0 saturated carbocycles. The summed E-state index contributed by atoms with van der Waals surface area (Å²) in [5.41, 5.74) is 5.96. The lowest BCUT2D eigenvalue weighted by Crippen LogP contribution is -2.35. The summed E-state index contributed by atoms with van der Waals surface area (Å²) in [5.74, 6) is -1.23. The summed E-state index contributed by atoms with van der Waals surface area (Å²) in [7, 11) is -1.31. The lowest BCUT2D eigenvalue weighted by atomic mass is 10.1. The van der Waals surface area contributed by atoms with Gasteiger partial charge in [0.1, 0.15) is 5.75 Å². The maximum Gasteiger partial charge on any atom is 0.248 e. The smallest absolute Gasteiger partial charge is 0.248 e. The van der Waals surface area contributed by atoms with Crippen LogP contribution in [0.15, 0.2) is 47.4 Å². The van der Waals surface area contributed by atoms with E-state index in [1.165, 1.54) is 63.5 Å².